The van der Waals surface area contributed by atoms with Gasteiger partial charge in [-0.05, 0) is 36.7 Å². The number of pyridine rings is 1. The summed E-state index contributed by atoms with van der Waals surface area (Å²) in [4.78, 5) is 8.51. The van der Waals surface area contributed by atoms with Crippen LogP contribution < -0.4 is 5.73 Å². The van der Waals surface area contributed by atoms with Crippen molar-refractivity contribution in [2.24, 2.45) is 12.8 Å². The Hall–Kier alpha value is -1.40. The van der Waals surface area contributed by atoms with E-state index in [0.717, 1.165) is 22.2 Å². The molecular formula is C11H15N5S. The summed E-state index contributed by atoms with van der Waals surface area (Å²) in [6, 6.07) is 4.20. The first kappa shape index (κ1) is 12.1. The highest BCUT2D eigenvalue weighted by molar-refractivity contribution is 7.99. The minimum Gasteiger partial charge on any atom is -0.328 e. The van der Waals surface area contributed by atoms with Crippen LogP contribution >= 0.6 is 11.8 Å². The number of hydrogen-bond acceptors (Lipinski definition) is 5. The number of nitrogens with zero attached hydrogens (tertiary/aromatic N) is 4. The zero-order valence-electron chi connectivity index (χ0n) is 9.87. The first-order valence-corrected chi connectivity index (χ1v) is 6.19. The van der Waals surface area contributed by atoms with Crippen molar-refractivity contribution >= 4 is 11.8 Å². The maximum Gasteiger partial charge on any atom is 0.192 e. The average molecular weight is 249 g/mol. The number of nitrogens with two attached hydrogens (primary N) is 1. The van der Waals surface area contributed by atoms with Gasteiger partial charge in [0.15, 0.2) is 5.16 Å². The second-order valence-corrected chi connectivity index (χ2v) is 4.94. The minimum atomic E-state index is 0.161. The van der Waals surface area contributed by atoms with Crippen LogP contribution in [0, 0.1) is 0 Å². The monoisotopic (exact) mass is 249 g/mol. The van der Waals surface area contributed by atoms with Gasteiger partial charge in [0.05, 0.1) is 0 Å². The van der Waals surface area contributed by atoms with E-state index in [9.17, 15) is 0 Å². The van der Waals surface area contributed by atoms with E-state index in [4.69, 9.17) is 5.73 Å². The predicted molar refractivity (Wildman–Crippen MR) is 66.7 cm³/mol. The van der Waals surface area contributed by atoms with E-state index in [1.807, 2.05) is 26.2 Å². The first-order valence-electron chi connectivity index (χ1n) is 5.37. The lowest BCUT2D eigenvalue weighted by Gasteiger charge is -2.05. The molecule has 0 aliphatic rings. The zero-order chi connectivity index (χ0) is 12.3. The molecule has 90 valence electrons. The highest BCUT2D eigenvalue weighted by Crippen LogP contribution is 2.22. The van der Waals surface area contributed by atoms with Crippen LogP contribution in [0.25, 0.3) is 0 Å². The lowest BCUT2D eigenvalue weighted by molar-refractivity contribution is 0.684. The van der Waals surface area contributed by atoms with Gasteiger partial charge < -0.3 is 5.73 Å². The maximum absolute atomic E-state index is 5.74. The Morgan fingerprint density at radius 3 is 2.76 bits per heavy atom. The van der Waals surface area contributed by atoms with Gasteiger partial charge in [0, 0.05) is 19.3 Å². The smallest absolute Gasteiger partial charge is 0.192 e. The third-order valence-corrected chi connectivity index (χ3v) is 3.22. The zero-order valence-corrected chi connectivity index (χ0v) is 10.7. The van der Waals surface area contributed by atoms with Gasteiger partial charge >= 0.3 is 0 Å². The number of aryl methyl sites for hydroxylation is 1. The topological polar surface area (TPSA) is 69.6 Å². The quantitative estimate of drug-likeness (QED) is 0.883. The largest absolute Gasteiger partial charge is 0.328 e. The van der Waals surface area contributed by atoms with Crippen molar-refractivity contribution in [2.75, 3.05) is 0 Å². The van der Waals surface area contributed by atoms with Crippen LogP contribution in [-0.2, 0) is 13.5 Å². The van der Waals surface area contributed by atoms with E-state index >= 15 is 0 Å². The lowest BCUT2D eigenvalue weighted by Crippen LogP contribution is -2.17. The summed E-state index contributed by atoms with van der Waals surface area (Å²) in [5.74, 6) is 0. The molecule has 0 aromatic carbocycles. The maximum atomic E-state index is 5.74. The van der Waals surface area contributed by atoms with Crippen LogP contribution in [0.3, 0.4) is 0 Å². The Bertz CT molecular complexity index is 477. The molecule has 1 atom stereocenters. The second-order valence-electron chi connectivity index (χ2n) is 3.95. The fourth-order valence-electron chi connectivity index (χ4n) is 1.44. The van der Waals surface area contributed by atoms with Crippen LogP contribution in [0.2, 0.25) is 0 Å². The van der Waals surface area contributed by atoms with Crippen molar-refractivity contribution in [3.8, 4) is 0 Å². The summed E-state index contributed by atoms with van der Waals surface area (Å²) < 4.78 is 1.72. The highest BCUT2D eigenvalue weighted by Gasteiger charge is 2.05. The third kappa shape index (κ3) is 3.28. The van der Waals surface area contributed by atoms with Gasteiger partial charge in [0.2, 0.25) is 0 Å². The molecule has 6 heteroatoms. The molecule has 1 unspecified atom stereocenters. The molecule has 0 aliphatic heterocycles. The molecule has 0 spiro atoms. The van der Waals surface area contributed by atoms with Crippen molar-refractivity contribution in [1.82, 2.24) is 19.7 Å². The van der Waals surface area contributed by atoms with Crippen LogP contribution in [0.5, 0.6) is 0 Å². The van der Waals surface area contributed by atoms with Gasteiger partial charge in [-0.1, -0.05) is 6.07 Å². The molecule has 0 saturated carbocycles. The molecule has 0 fully saturated rings. The van der Waals surface area contributed by atoms with E-state index in [0.29, 0.717) is 0 Å². The second kappa shape index (κ2) is 5.29. The molecule has 2 aromatic rings. The molecule has 2 rings (SSSR count). The molecular weight excluding hydrogens is 234 g/mol. The van der Waals surface area contributed by atoms with E-state index in [2.05, 4.69) is 21.1 Å². The normalized spacial score (nSPS) is 12.6. The third-order valence-electron chi connectivity index (χ3n) is 2.22. The highest BCUT2D eigenvalue weighted by atomic mass is 32.2. The SMILES string of the molecule is CC(N)Cc1ccc(Sc2ncnn2C)nc1. The standard InChI is InChI=1S/C11H15N5S/c1-8(12)5-9-3-4-10(13-6-9)17-11-14-7-15-16(11)2/h3-4,6-8H,5,12H2,1-2H3. The number of hydrogen-bond donors (Lipinski definition) is 1. The molecule has 0 aliphatic carbocycles. The van der Waals surface area contributed by atoms with Crippen molar-refractivity contribution in [3.63, 3.8) is 0 Å². The van der Waals surface area contributed by atoms with Crippen LogP contribution in [0.15, 0.2) is 34.8 Å². The molecule has 5 nitrogen and oxygen atoms in total. The Morgan fingerprint density at radius 1 is 1.41 bits per heavy atom. The molecule has 2 heterocycles. The van der Waals surface area contributed by atoms with Crippen molar-refractivity contribution in [1.29, 1.82) is 0 Å². The Morgan fingerprint density at radius 2 is 2.24 bits per heavy atom. The van der Waals surface area contributed by atoms with Gasteiger partial charge in [0.1, 0.15) is 11.4 Å². The fourth-order valence-corrected chi connectivity index (χ4v) is 2.14. The summed E-state index contributed by atoms with van der Waals surface area (Å²) in [5.41, 5.74) is 6.89. The molecule has 2 aromatic heterocycles. The summed E-state index contributed by atoms with van der Waals surface area (Å²) >= 11 is 1.50. The van der Waals surface area contributed by atoms with E-state index < -0.39 is 0 Å². The minimum absolute atomic E-state index is 0.161. The molecule has 0 saturated heterocycles. The predicted octanol–water partition coefficient (Wildman–Crippen LogP) is 1.25. The van der Waals surface area contributed by atoms with Gasteiger partial charge in [-0.25, -0.2) is 14.6 Å². The summed E-state index contributed by atoms with van der Waals surface area (Å²) in [6.45, 7) is 1.99. The van der Waals surface area contributed by atoms with E-state index in [-0.39, 0.29) is 6.04 Å². The Kier molecular flexibility index (Phi) is 3.75. The lowest BCUT2D eigenvalue weighted by atomic mass is 10.1. The van der Waals surface area contributed by atoms with Crippen molar-refractivity contribution < 1.29 is 0 Å². The Balaban J connectivity index is 2.06. The Labute approximate surface area is 104 Å². The molecule has 0 bridgehead atoms. The van der Waals surface area contributed by atoms with Crippen molar-refractivity contribution in [2.45, 2.75) is 29.6 Å². The van der Waals surface area contributed by atoms with E-state index in [1.165, 1.54) is 18.1 Å². The van der Waals surface area contributed by atoms with Crippen molar-refractivity contribution in [3.05, 3.63) is 30.2 Å². The van der Waals surface area contributed by atoms with Crippen LogP contribution in [0.4, 0.5) is 0 Å². The number of rotatable bonds is 4. The van der Waals surface area contributed by atoms with Gasteiger partial charge in [-0.2, -0.15) is 5.10 Å². The van der Waals surface area contributed by atoms with Crippen LogP contribution in [-0.4, -0.2) is 25.8 Å². The van der Waals surface area contributed by atoms with Gasteiger partial charge in [-0.3, -0.25) is 0 Å². The summed E-state index contributed by atoms with van der Waals surface area (Å²) in [7, 11) is 1.86. The fraction of sp³-hybridized carbons (Fsp3) is 0.364. The van der Waals surface area contributed by atoms with Gasteiger partial charge in [-0.15, -0.1) is 0 Å². The van der Waals surface area contributed by atoms with E-state index in [1.54, 1.807) is 4.68 Å². The summed E-state index contributed by atoms with van der Waals surface area (Å²) in [6.07, 6.45) is 4.25. The molecule has 17 heavy (non-hydrogen) atoms. The van der Waals surface area contributed by atoms with Crippen LogP contribution in [0.1, 0.15) is 12.5 Å². The van der Waals surface area contributed by atoms with Gasteiger partial charge in [0.25, 0.3) is 0 Å². The first-order chi connectivity index (χ1) is 8.15. The number of aromatic nitrogens is 4. The molecule has 0 amide bonds. The molecule has 0 radical (unpaired) electrons. The average Bonchev–Trinajstić information content (AvgIpc) is 2.67. The molecule has 2 N–H and O–H groups in total. The summed E-state index contributed by atoms with van der Waals surface area (Å²) in [5, 5.41) is 5.75.